The van der Waals surface area contributed by atoms with Gasteiger partial charge in [-0.15, -0.1) is 0 Å². The molecule has 1 saturated heterocycles. The second-order valence-electron chi connectivity index (χ2n) is 7.82. The Hall–Kier alpha value is -2.43. The lowest BCUT2D eigenvalue weighted by atomic mass is 10.2. The first-order chi connectivity index (χ1) is 15.3. The van der Waals surface area contributed by atoms with E-state index in [0.29, 0.717) is 43.3 Å². The molecule has 1 aromatic heterocycles. The van der Waals surface area contributed by atoms with E-state index < -0.39 is 9.84 Å². The minimum Gasteiger partial charge on any atom is -0.497 e. The Labute approximate surface area is 189 Å². The lowest BCUT2D eigenvalue weighted by Gasteiger charge is -2.25. The van der Waals surface area contributed by atoms with Crippen LogP contribution >= 0.6 is 0 Å². The van der Waals surface area contributed by atoms with E-state index in [1.54, 1.807) is 40.8 Å². The molecule has 0 aliphatic carbocycles. The zero-order valence-corrected chi connectivity index (χ0v) is 19.6. The van der Waals surface area contributed by atoms with Gasteiger partial charge in [0.05, 0.1) is 44.0 Å². The Morgan fingerprint density at radius 2 is 2.16 bits per heavy atom. The Kier molecular flexibility index (Phi) is 8.27. The molecule has 1 aliphatic rings. The van der Waals surface area contributed by atoms with Gasteiger partial charge in [-0.05, 0) is 30.5 Å². The molecule has 2 heterocycles. The van der Waals surface area contributed by atoms with Crippen LogP contribution in [0.25, 0.3) is 0 Å². The fourth-order valence-corrected chi connectivity index (χ4v) is 5.27. The number of benzene rings is 1. The van der Waals surface area contributed by atoms with E-state index in [4.69, 9.17) is 14.2 Å². The van der Waals surface area contributed by atoms with Crippen molar-refractivity contribution in [2.24, 2.45) is 0 Å². The molecule has 1 aliphatic heterocycles. The molecule has 0 saturated carbocycles. The molecule has 10 heteroatoms. The average molecular weight is 466 g/mol. The fraction of sp³-hybridized carbons (Fsp3) is 0.545. The van der Waals surface area contributed by atoms with E-state index in [2.05, 4.69) is 4.98 Å². The largest absolute Gasteiger partial charge is 0.497 e. The van der Waals surface area contributed by atoms with Gasteiger partial charge < -0.3 is 23.7 Å². The molecule has 2 aromatic rings. The minimum atomic E-state index is -3.74. The van der Waals surface area contributed by atoms with E-state index in [9.17, 15) is 13.2 Å². The number of hydrogen-bond acceptors (Lipinski definition) is 7. The molecule has 1 unspecified atom stereocenters. The van der Waals surface area contributed by atoms with Crippen LogP contribution in [0.4, 0.5) is 0 Å². The van der Waals surface area contributed by atoms with Gasteiger partial charge in [-0.1, -0.05) is 12.1 Å². The van der Waals surface area contributed by atoms with Crippen LogP contribution in [0.2, 0.25) is 0 Å². The molecule has 1 atom stereocenters. The maximum atomic E-state index is 13.2. The molecule has 0 spiro atoms. The first kappa shape index (κ1) is 24.2. The number of sulfone groups is 1. The first-order valence-electron chi connectivity index (χ1n) is 10.6. The van der Waals surface area contributed by atoms with Crippen molar-refractivity contribution in [2.75, 3.05) is 34.0 Å². The number of imidazole rings is 1. The van der Waals surface area contributed by atoms with Gasteiger partial charge in [0.25, 0.3) is 0 Å². The standard InChI is InChI=1S/C22H31N3O6S/c1-17(26)24(15-21-8-5-10-31-21)14-19-13-23-22(25(19)9-11-29-2)32(27,28)16-18-6-4-7-20(12-18)30-3/h4,6-7,12-13,21H,5,8-11,14-16H2,1-3H3. The van der Waals surface area contributed by atoms with Crippen molar-refractivity contribution in [2.45, 2.75) is 49.9 Å². The summed E-state index contributed by atoms with van der Waals surface area (Å²) in [7, 11) is -0.652. The Morgan fingerprint density at radius 1 is 1.34 bits per heavy atom. The maximum absolute atomic E-state index is 13.2. The summed E-state index contributed by atoms with van der Waals surface area (Å²) in [5, 5.41) is -0.0343. The molecule has 9 nitrogen and oxygen atoms in total. The van der Waals surface area contributed by atoms with Crippen LogP contribution in [0, 0.1) is 0 Å². The summed E-state index contributed by atoms with van der Waals surface area (Å²) in [6.45, 7) is 3.55. The Bertz CT molecular complexity index is 1010. The van der Waals surface area contributed by atoms with E-state index in [1.807, 2.05) is 0 Å². The molecule has 0 bridgehead atoms. The first-order valence-corrected chi connectivity index (χ1v) is 12.3. The number of aromatic nitrogens is 2. The number of carbonyl (C=O) groups excluding carboxylic acids is 1. The predicted molar refractivity (Wildman–Crippen MR) is 118 cm³/mol. The maximum Gasteiger partial charge on any atom is 0.228 e. The zero-order valence-electron chi connectivity index (χ0n) is 18.8. The van der Waals surface area contributed by atoms with Crippen molar-refractivity contribution in [1.82, 2.24) is 14.5 Å². The van der Waals surface area contributed by atoms with Crippen molar-refractivity contribution in [3.63, 3.8) is 0 Å². The average Bonchev–Trinajstić information content (AvgIpc) is 3.41. The topological polar surface area (TPSA) is 100.0 Å². The number of amides is 1. The van der Waals surface area contributed by atoms with Crippen LogP contribution in [-0.4, -0.2) is 68.9 Å². The lowest BCUT2D eigenvalue weighted by molar-refractivity contribution is -0.131. The Balaban J connectivity index is 1.86. The quantitative estimate of drug-likeness (QED) is 0.501. The van der Waals surface area contributed by atoms with Crippen LogP contribution in [0.15, 0.2) is 35.6 Å². The molecule has 32 heavy (non-hydrogen) atoms. The van der Waals surface area contributed by atoms with Gasteiger partial charge in [-0.2, -0.15) is 0 Å². The highest BCUT2D eigenvalue weighted by Gasteiger charge is 2.27. The molecule has 1 amide bonds. The van der Waals surface area contributed by atoms with E-state index in [1.165, 1.54) is 20.2 Å². The zero-order chi connectivity index (χ0) is 23.1. The third kappa shape index (κ3) is 6.08. The molecule has 1 aromatic carbocycles. The highest BCUT2D eigenvalue weighted by Crippen LogP contribution is 2.22. The predicted octanol–water partition coefficient (Wildman–Crippen LogP) is 2.04. The summed E-state index contributed by atoms with van der Waals surface area (Å²) < 4.78 is 44.1. The van der Waals surface area contributed by atoms with Gasteiger partial charge in [0, 0.05) is 33.7 Å². The SMILES string of the molecule is COCCn1c(CN(CC2CCCO2)C(C)=O)cnc1S(=O)(=O)Cc1cccc(OC)c1. The van der Waals surface area contributed by atoms with Gasteiger partial charge in [0.1, 0.15) is 5.75 Å². The second-order valence-corrected chi connectivity index (χ2v) is 9.71. The van der Waals surface area contributed by atoms with Gasteiger partial charge in [-0.25, -0.2) is 13.4 Å². The van der Waals surface area contributed by atoms with Crippen molar-refractivity contribution >= 4 is 15.7 Å². The normalized spacial score (nSPS) is 16.3. The molecule has 0 N–H and O–H groups in total. The van der Waals surface area contributed by atoms with E-state index >= 15 is 0 Å². The van der Waals surface area contributed by atoms with Crippen molar-refractivity contribution in [3.8, 4) is 5.75 Å². The van der Waals surface area contributed by atoms with E-state index in [-0.39, 0.29) is 29.5 Å². The van der Waals surface area contributed by atoms with Gasteiger partial charge in [-0.3, -0.25) is 4.79 Å². The number of carbonyl (C=O) groups is 1. The van der Waals surface area contributed by atoms with Gasteiger partial charge in [0.2, 0.25) is 20.9 Å². The van der Waals surface area contributed by atoms with Crippen molar-refractivity contribution in [3.05, 3.63) is 41.7 Å². The van der Waals surface area contributed by atoms with Gasteiger partial charge >= 0.3 is 0 Å². The van der Waals surface area contributed by atoms with Crippen molar-refractivity contribution in [1.29, 1.82) is 0 Å². The number of nitrogens with zero attached hydrogens (tertiary/aromatic N) is 3. The third-order valence-electron chi connectivity index (χ3n) is 5.44. The number of methoxy groups -OCH3 is 2. The van der Waals surface area contributed by atoms with Crippen LogP contribution in [0.5, 0.6) is 5.75 Å². The smallest absolute Gasteiger partial charge is 0.228 e. The monoisotopic (exact) mass is 465 g/mol. The Morgan fingerprint density at radius 3 is 2.81 bits per heavy atom. The van der Waals surface area contributed by atoms with Crippen LogP contribution in [0.1, 0.15) is 31.0 Å². The van der Waals surface area contributed by atoms with Crippen LogP contribution < -0.4 is 4.74 Å². The fourth-order valence-electron chi connectivity index (χ4n) is 3.77. The summed E-state index contributed by atoms with van der Waals surface area (Å²) in [5.41, 5.74) is 1.25. The molecule has 0 radical (unpaired) electrons. The third-order valence-corrected chi connectivity index (χ3v) is 7.03. The number of hydrogen-bond donors (Lipinski definition) is 0. The molecular weight excluding hydrogens is 434 g/mol. The molecular formula is C22H31N3O6S. The lowest BCUT2D eigenvalue weighted by Crippen LogP contribution is -2.36. The van der Waals surface area contributed by atoms with Gasteiger partial charge in [0.15, 0.2) is 0 Å². The summed E-state index contributed by atoms with van der Waals surface area (Å²) >= 11 is 0. The number of ether oxygens (including phenoxy) is 3. The summed E-state index contributed by atoms with van der Waals surface area (Å²) in [4.78, 5) is 18.2. The number of rotatable bonds is 11. The molecule has 3 rings (SSSR count). The van der Waals surface area contributed by atoms with E-state index in [0.717, 1.165) is 12.8 Å². The molecule has 176 valence electrons. The molecule has 1 fully saturated rings. The second kappa shape index (κ2) is 10.9. The summed E-state index contributed by atoms with van der Waals surface area (Å²) in [6, 6.07) is 6.95. The summed E-state index contributed by atoms with van der Waals surface area (Å²) in [6.07, 6.45) is 3.42. The highest BCUT2D eigenvalue weighted by atomic mass is 32.2. The van der Waals surface area contributed by atoms with Crippen LogP contribution in [-0.2, 0) is 42.9 Å². The minimum absolute atomic E-state index is 0.00510. The van der Waals surface area contributed by atoms with Crippen molar-refractivity contribution < 1.29 is 27.4 Å². The highest BCUT2D eigenvalue weighted by molar-refractivity contribution is 7.90. The van der Waals surface area contributed by atoms with Crippen LogP contribution in [0.3, 0.4) is 0 Å². The summed E-state index contributed by atoms with van der Waals surface area (Å²) in [5.74, 6) is 0.285.